The lowest BCUT2D eigenvalue weighted by atomic mass is 9.84. The highest BCUT2D eigenvalue weighted by Crippen LogP contribution is 2.47. The summed E-state index contributed by atoms with van der Waals surface area (Å²) in [5.41, 5.74) is 9.99. The minimum Gasteiger partial charge on any atom is -0.458 e. The van der Waals surface area contributed by atoms with Gasteiger partial charge in [0.2, 0.25) is 0 Å². The number of nitrogens with two attached hydrogens (primary N) is 1. The highest BCUT2D eigenvalue weighted by Gasteiger charge is 2.45. The van der Waals surface area contributed by atoms with Crippen molar-refractivity contribution in [3.05, 3.63) is 61.7 Å². The molecule has 7 nitrogen and oxygen atoms in total. The Hall–Kier alpha value is -2.75. The van der Waals surface area contributed by atoms with Crippen LogP contribution in [-0.2, 0) is 41.1 Å². The van der Waals surface area contributed by atoms with Crippen LogP contribution in [0.2, 0.25) is 0 Å². The number of aromatic nitrogens is 2. The Kier molecular flexibility index (Phi) is 5.74. The molecule has 0 bridgehead atoms. The first-order valence-corrected chi connectivity index (χ1v) is 14.8. The van der Waals surface area contributed by atoms with Crippen molar-refractivity contribution in [2.24, 2.45) is 5.73 Å². The number of pyridine rings is 2. The molecule has 0 saturated heterocycles. The highest BCUT2D eigenvalue weighted by molar-refractivity contribution is 8.17. The summed E-state index contributed by atoms with van der Waals surface area (Å²) in [6.07, 6.45) is 1.75. The highest BCUT2D eigenvalue weighted by atomic mass is 32.2. The Labute approximate surface area is 217 Å². The van der Waals surface area contributed by atoms with Crippen molar-refractivity contribution >= 4 is 27.8 Å². The fraction of sp³-hybridized carbons (Fsp3) is 0.464. The van der Waals surface area contributed by atoms with E-state index < -0.39 is 11.6 Å². The number of hydrogen-bond acceptors (Lipinski definition) is 6. The number of esters is 1. The third-order valence-electron chi connectivity index (χ3n) is 8.64. The third kappa shape index (κ3) is 3.36. The average Bonchev–Trinajstić information content (AvgIpc) is 3.27. The van der Waals surface area contributed by atoms with Gasteiger partial charge in [0.25, 0.3) is 5.56 Å². The van der Waals surface area contributed by atoms with Crippen molar-refractivity contribution < 1.29 is 19.0 Å². The van der Waals surface area contributed by atoms with Crippen LogP contribution in [0.1, 0.15) is 53.6 Å². The van der Waals surface area contributed by atoms with E-state index in [0.717, 1.165) is 46.4 Å². The zero-order chi connectivity index (χ0) is 26.2. The first kappa shape index (κ1) is 24.6. The number of ether oxygens (including phenoxy) is 1. The Morgan fingerprint density at radius 1 is 1.22 bits per heavy atom. The number of hydrogen-bond donors (Lipinski definition) is 3. The molecule has 3 atom stereocenters. The van der Waals surface area contributed by atoms with E-state index in [1.54, 1.807) is 17.6 Å². The first-order chi connectivity index (χ1) is 17.7. The number of thiol groups is 1. The van der Waals surface area contributed by atoms with E-state index in [9.17, 15) is 14.7 Å². The van der Waals surface area contributed by atoms with Crippen LogP contribution in [0.25, 0.3) is 22.3 Å². The molecule has 196 valence electrons. The summed E-state index contributed by atoms with van der Waals surface area (Å²) in [7, 11) is -0.328. The maximum atomic E-state index is 15.1. The quantitative estimate of drug-likeness (QED) is 0.273. The lowest BCUT2D eigenvalue weighted by Gasteiger charge is -2.35. The largest absolute Gasteiger partial charge is 0.458 e. The molecular formula is C28H32FN3O4S. The molecular weight excluding hydrogens is 493 g/mol. The first-order valence-electron chi connectivity index (χ1n) is 13.0. The van der Waals surface area contributed by atoms with Crippen molar-refractivity contribution in [3.8, 4) is 11.4 Å². The van der Waals surface area contributed by atoms with Crippen LogP contribution in [0.15, 0.2) is 16.9 Å². The van der Waals surface area contributed by atoms with Gasteiger partial charge in [0, 0.05) is 22.6 Å². The van der Waals surface area contributed by atoms with Gasteiger partial charge < -0.3 is 20.1 Å². The van der Waals surface area contributed by atoms with Crippen molar-refractivity contribution in [2.45, 2.75) is 64.0 Å². The summed E-state index contributed by atoms with van der Waals surface area (Å²) in [6.45, 7) is 6.58. The van der Waals surface area contributed by atoms with Crippen molar-refractivity contribution in [2.75, 3.05) is 18.1 Å². The van der Waals surface area contributed by atoms with Gasteiger partial charge in [-0.15, -0.1) is 0 Å². The van der Waals surface area contributed by atoms with E-state index >= 15 is 4.39 Å². The summed E-state index contributed by atoms with van der Waals surface area (Å²) in [5.74, 6) is 1.02. The summed E-state index contributed by atoms with van der Waals surface area (Å²) in [6, 6.07) is 3.22. The molecule has 2 aliphatic heterocycles. The van der Waals surface area contributed by atoms with Gasteiger partial charge >= 0.3 is 5.97 Å². The molecule has 0 fully saturated rings. The number of cyclic esters (lactones) is 1. The number of carbonyl (C=O) groups excluding carboxylic acids is 1. The Bertz CT molecular complexity index is 1550. The second-order valence-corrected chi connectivity index (χ2v) is 13.3. The number of aliphatic hydroxyl groups is 1. The number of rotatable bonds is 5. The van der Waals surface area contributed by atoms with Crippen molar-refractivity contribution in [1.29, 1.82) is 0 Å². The van der Waals surface area contributed by atoms with E-state index in [2.05, 4.69) is 6.92 Å². The summed E-state index contributed by atoms with van der Waals surface area (Å²) in [4.78, 5) is 31.0. The van der Waals surface area contributed by atoms with Gasteiger partial charge in [0.05, 0.1) is 29.0 Å². The molecule has 0 spiro atoms. The standard InChI is InChI=1S/C28H32FN3O4S/c1-4-28(35)20-10-23-25-18(12-32(23)26(33)19(20)13-36-27(28)34)17-9-15(37(5-2)7-6-30)8-16-14(3)21(29)11-22(31-25)24(16)17/h10-11,15,35,37H,4-9,12-13,30H2,1-3H3/t15?,28-/m0/s1. The van der Waals surface area contributed by atoms with E-state index in [1.807, 2.05) is 6.92 Å². The molecule has 0 saturated carbocycles. The SMILES string of the molecule is CC[SH](CCN)C1Cc2c(C)c(F)cc3nc4c(c(c23)C1)Cn1c-4cc2c(c1=O)COC(=O)[C@]2(O)CC. The third-order valence-corrected chi connectivity index (χ3v) is 11.7. The molecule has 3 aliphatic rings. The van der Waals surface area contributed by atoms with Crippen LogP contribution in [-0.4, -0.2) is 43.9 Å². The summed E-state index contributed by atoms with van der Waals surface area (Å²) >= 11 is 0. The summed E-state index contributed by atoms with van der Waals surface area (Å²) < 4.78 is 22.0. The predicted octanol–water partition coefficient (Wildman–Crippen LogP) is 2.97. The second kappa shape index (κ2) is 8.64. The fourth-order valence-corrected chi connectivity index (χ4v) is 8.94. The van der Waals surface area contributed by atoms with Crippen LogP contribution in [0.4, 0.5) is 4.39 Å². The molecule has 0 amide bonds. The predicted molar refractivity (Wildman–Crippen MR) is 144 cm³/mol. The van der Waals surface area contributed by atoms with E-state index in [1.165, 1.54) is 6.07 Å². The van der Waals surface area contributed by atoms with Gasteiger partial charge in [0.1, 0.15) is 12.4 Å². The second-order valence-electron chi connectivity index (χ2n) is 10.4. The molecule has 1 aromatic carbocycles. The van der Waals surface area contributed by atoms with Crippen molar-refractivity contribution in [1.82, 2.24) is 9.55 Å². The molecule has 2 unspecified atom stereocenters. The van der Waals surface area contributed by atoms with Crippen LogP contribution in [0.3, 0.4) is 0 Å². The number of benzene rings is 1. The normalized spacial score (nSPS) is 22.9. The Morgan fingerprint density at radius 3 is 2.68 bits per heavy atom. The topological polar surface area (TPSA) is 107 Å². The molecule has 4 heterocycles. The number of nitrogens with zero attached hydrogens (tertiary/aromatic N) is 2. The van der Waals surface area contributed by atoms with Gasteiger partial charge in [-0.2, -0.15) is 0 Å². The molecule has 3 aromatic rings. The minimum atomic E-state index is -1.88. The number of carbonyl (C=O) groups is 1. The van der Waals surface area contributed by atoms with Gasteiger partial charge in [-0.3, -0.25) is 4.79 Å². The minimum absolute atomic E-state index is 0.0855. The zero-order valence-corrected chi connectivity index (χ0v) is 22.3. The average molecular weight is 526 g/mol. The monoisotopic (exact) mass is 525 g/mol. The fourth-order valence-electron chi connectivity index (χ4n) is 6.53. The maximum Gasteiger partial charge on any atom is 0.343 e. The smallest absolute Gasteiger partial charge is 0.343 e. The Balaban J connectivity index is 1.61. The molecule has 37 heavy (non-hydrogen) atoms. The lowest BCUT2D eigenvalue weighted by molar-refractivity contribution is -0.172. The van der Waals surface area contributed by atoms with Crippen LogP contribution in [0.5, 0.6) is 0 Å². The van der Waals surface area contributed by atoms with Crippen LogP contribution >= 0.6 is 10.9 Å². The molecule has 3 N–H and O–H groups in total. The molecule has 1 aliphatic carbocycles. The number of fused-ring (bicyclic) bond motifs is 5. The number of halogens is 1. The van der Waals surface area contributed by atoms with Crippen LogP contribution in [0, 0.1) is 12.7 Å². The van der Waals surface area contributed by atoms with Gasteiger partial charge in [-0.1, -0.05) is 13.8 Å². The van der Waals surface area contributed by atoms with E-state index in [0.29, 0.717) is 46.4 Å². The van der Waals surface area contributed by atoms with E-state index in [4.69, 9.17) is 15.5 Å². The zero-order valence-electron chi connectivity index (χ0n) is 21.4. The van der Waals surface area contributed by atoms with E-state index in [-0.39, 0.29) is 40.9 Å². The molecule has 2 aromatic heterocycles. The van der Waals surface area contributed by atoms with Gasteiger partial charge in [0.15, 0.2) is 5.60 Å². The maximum absolute atomic E-state index is 15.1. The van der Waals surface area contributed by atoms with Crippen LogP contribution < -0.4 is 11.3 Å². The molecule has 0 radical (unpaired) electrons. The Morgan fingerprint density at radius 2 is 1.97 bits per heavy atom. The molecule has 9 heteroatoms. The molecule has 6 rings (SSSR count). The van der Waals surface area contributed by atoms with Crippen molar-refractivity contribution in [3.63, 3.8) is 0 Å². The lowest BCUT2D eigenvalue weighted by Crippen LogP contribution is -2.44. The summed E-state index contributed by atoms with van der Waals surface area (Å²) in [5, 5.41) is 12.6. The van der Waals surface area contributed by atoms with Gasteiger partial charge in [-0.25, -0.2) is 25.1 Å². The van der Waals surface area contributed by atoms with Gasteiger partial charge in [-0.05, 0) is 72.2 Å².